The molecule has 0 radical (unpaired) electrons. The van der Waals surface area contributed by atoms with Gasteiger partial charge in [0.05, 0.1) is 12.1 Å². The van der Waals surface area contributed by atoms with E-state index in [1.165, 1.54) is 11.3 Å². The summed E-state index contributed by atoms with van der Waals surface area (Å²) in [5.41, 5.74) is 6.33. The molecule has 0 unspecified atom stereocenters. The fourth-order valence-corrected chi connectivity index (χ4v) is 2.79. The number of nitrogens with two attached hydrogens (primary N) is 1. The molecule has 0 atom stereocenters. The summed E-state index contributed by atoms with van der Waals surface area (Å²) in [5.74, 6) is 0.160. The van der Waals surface area contributed by atoms with E-state index in [4.69, 9.17) is 5.73 Å². The fourth-order valence-electron chi connectivity index (χ4n) is 2.22. The molecule has 2 rings (SSSR count). The predicted molar refractivity (Wildman–Crippen MR) is 65.3 cm³/mol. The van der Waals surface area contributed by atoms with E-state index in [0.29, 0.717) is 11.6 Å². The van der Waals surface area contributed by atoms with Gasteiger partial charge in [-0.05, 0) is 26.7 Å². The lowest BCUT2D eigenvalue weighted by Gasteiger charge is -2.31. The Balaban J connectivity index is 2.03. The Hall–Kier alpha value is -1.10. The van der Waals surface area contributed by atoms with Gasteiger partial charge in [-0.15, -0.1) is 11.3 Å². The van der Waals surface area contributed by atoms with Crippen LogP contribution in [0.25, 0.3) is 0 Å². The van der Waals surface area contributed by atoms with Crippen LogP contribution in [0.3, 0.4) is 0 Å². The molecular formula is C11H17N3OS. The van der Waals surface area contributed by atoms with Crippen LogP contribution in [0.2, 0.25) is 0 Å². The highest BCUT2D eigenvalue weighted by molar-refractivity contribution is 7.13. The van der Waals surface area contributed by atoms with E-state index in [0.717, 1.165) is 25.1 Å². The quantitative estimate of drug-likeness (QED) is 0.854. The van der Waals surface area contributed by atoms with Gasteiger partial charge in [-0.2, -0.15) is 0 Å². The van der Waals surface area contributed by atoms with E-state index < -0.39 is 0 Å². The van der Waals surface area contributed by atoms with Crippen LogP contribution in [-0.4, -0.2) is 27.9 Å². The number of nitrogens with zero attached hydrogens (tertiary/aromatic N) is 2. The lowest BCUT2D eigenvalue weighted by Crippen LogP contribution is -2.43. The zero-order valence-corrected chi connectivity index (χ0v) is 10.5. The number of hydrogen-bond acceptors (Lipinski definition) is 4. The van der Waals surface area contributed by atoms with E-state index in [9.17, 15) is 4.79 Å². The first-order valence-electron chi connectivity index (χ1n) is 5.49. The Bertz CT molecular complexity index is 400. The van der Waals surface area contributed by atoms with Crippen LogP contribution in [0.5, 0.6) is 0 Å². The summed E-state index contributed by atoms with van der Waals surface area (Å²) in [5, 5.41) is 2.39. The number of amides is 1. The largest absolute Gasteiger partial charge is 0.375 e. The van der Waals surface area contributed by atoms with Gasteiger partial charge in [0.2, 0.25) is 5.91 Å². The highest BCUT2D eigenvalue weighted by Gasteiger charge is 2.35. The molecule has 1 aliphatic heterocycles. The van der Waals surface area contributed by atoms with Crippen molar-refractivity contribution in [3.05, 3.63) is 11.1 Å². The number of rotatable bonds is 2. The maximum atomic E-state index is 12.1. The molecule has 1 aromatic heterocycles. The smallest absolute Gasteiger partial charge is 0.229 e. The van der Waals surface area contributed by atoms with Crippen LogP contribution < -0.4 is 5.73 Å². The number of hydrogen-bond donors (Lipinski definition) is 1. The second-order valence-electron chi connectivity index (χ2n) is 4.82. The van der Waals surface area contributed by atoms with Gasteiger partial charge >= 0.3 is 0 Å². The van der Waals surface area contributed by atoms with Crippen molar-refractivity contribution >= 4 is 22.4 Å². The second kappa shape index (κ2) is 4.05. The minimum Gasteiger partial charge on any atom is -0.375 e. The predicted octanol–water partition coefficient (Wildman–Crippen LogP) is 1.67. The first-order valence-corrected chi connectivity index (χ1v) is 6.37. The number of carbonyl (C=O) groups excluding carboxylic acids is 1. The molecule has 1 aliphatic rings. The Morgan fingerprint density at radius 1 is 1.69 bits per heavy atom. The average Bonchev–Trinajstić information content (AvgIpc) is 2.72. The standard InChI is InChI=1S/C11H17N3OS/c1-11(2)4-3-5-14(11)9(15)6-8-7-16-10(12)13-8/h7H,3-6H2,1-2H3,(H2,12,13). The molecule has 1 fully saturated rings. The fraction of sp³-hybridized carbons (Fsp3) is 0.636. The van der Waals surface area contributed by atoms with Crippen molar-refractivity contribution in [3.8, 4) is 0 Å². The number of thiazole rings is 1. The van der Waals surface area contributed by atoms with Crippen molar-refractivity contribution in [2.24, 2.45) is 0 Å². The summed E-state index contributed by atoms with van der Waals surface area (Å²) < 4.78 is 0. The molecule has 16 heavy (non-hydrogen) atoms. The first-order chi connectivity index (χ1) is 7.49. The van der Waals surface area contributed by atoms with Crippen LogP contribution >= 0.6 is 11.3 Å². The number of nitrogen functional groups attached to an aromatic ring is 1. The van der Waals surface area contributed by atoms with E-state index in [1.807, 2.05) is 10.3 Å². The van der Waals surface area contributed by atoms with Gasteiger partial charge in [0.1, 0.15) is 0 Å². The Labute approximate surface area is 99.5 Å². The molecule has 0 bridgehead atoms. The topological polar surface area (TPSA) is 59.2 Å². The van der Waals surface area contributed by atoms with Gasteiger partial charge in [0, 0.05) is 17.5 Å². The lowest BCUT2D eigenvalue weighted by molar-refractivity contribution is -0.133. The van der Waals surface area contributed by atoms with Gasteiger partial charge in [0.25, 0.3) is 0 Å². The van der Waals surface area contributed by atoms with Crippen LogP contribution in [0.1, 0.15) is 32.4 Å². The third-order valence-electron chi connectivity index (χ3n) is 3.10. The van der Waals surface area contributed by atoms with Crippen molar-refractivity contribution in [1.82, 2.24) is 9.88 Å². The SMILES string of the molecule is CC1(C)CCCN1C(=O)Cc1csc(N)n1. The summed E-state index contributed by atoms with van der Waals surface area (Å²) in [4.78, 5) is 18.2. The van der Waals surface area contributed by atoms with Crippen LogP contribution in [0.4, 0.5) is 5.13 Å². The molecule has 0 spiro atoms. The molecule has 0 aliphatic carbocycles. The Morgan fingerprint density at radius 3 is 2.94 bits per heavy atom. The number of anilines is 1. The summed E-state index contributed by atoms with van der Waals surface area (Å²) in [6, 6.07) is 0. The molecular weight excluding hydrogens is 222 g/mol. The average molecular weight is 239 g/mol. The van der Waals surface area contributed by atoms with Gasteiger partial charge in [-0.3, -0.25) is 4.79 Å². The Kier molecular flexibility index (Phi) is 2.88. The molecule has 0 saturated carbocycles. The minimum absolute atomic E-state index is 0.00134. The first kappa shape index (κ1) is 11.4. The molecule has 0 aromatic carbocycles. The van der Waals surface area contributed by atoms with Gasteiger partial charge in [-0.1, -0.05) is 0 Å². The maximum Gasteiger partial charge on any atom is 0.229 e. The van der Waals surface area contributed by atoms with Crippen molar-refractivity contribution < 1.29 is 4.79 Å². The molecule has 1 aromatic rings. The molecule has 5 heteroatoms. The number of likely N-dealkylation sites (tertiary alicyclic amines) is 1. The highest BCUT2D eigenvalue weighted by Crippen LogP contribution is 2.28. The van der Waals surface area contributed by atoms with Crippen LogP contribution in [0, 0.1) is 0 Å². The third-order valence-corrected chi connectivity index (χ3v) is 3.83. The lowest BCUT2D eigenvalue weighted by atomic mass is 10.0. The second-order valence-corrected chi connectivity index (χ2v) is 5.70. The van der Waals surface area contributed by atoms with Crippen molar-refractivity contribution in [2.75, 3.05) is 12.3 Å². The van der Waals surface area contributed by atoms with Crippen LogP contribution in [-0.2, 0) is 11.2 Å². The maximum absolute atomic E-state index is 12.1. The number of aromatic nitrogens is 1. The van der Waals surface area contributed by atoms with E-state index >= 15 is 0 Å². The highest BCUT2D eigenvalue weighted by atomic mass is 32.1. The van der Waals surface area contributed by atoms with E-state index in [2.05, 4.69) is 18.8 Å². The van der Waals surface area contributed by atoms with Crippen molar-refractivity contribution in [2.45, 2.75) is 38.6 Å². The number of carbonyl (C=O) groups is 1. The summed E-state index contributed by atoms with van der Waals surface area (Å²) >= 11 is 1.38. The van der Waals surface area contributed by atoms with E-state index in [1.54, 1.807) is 0 Å². The zero-order valence-electron chi connectivity index (χ0n) is 9.69. The molecule has 2 N–H and O–H groups in total. The summed E-state index contributed by atoms with van der Waals surface area (Å²) in [7, 11) is 0. The molecule has 4 nitrogen and oxygen atoms in total. The zero-order chi connectivity index (χ0) is 11.8. The third kappa shape index (κ3) is 2.19. The minimum atomic E-state index is -0.00134. The van der Waals surface area contributed by atoms with Gasteiger partial charge in [0.15, 0.2) is 5.13 Å². The van der Waals surface area contributed by atoms with Crippen molar-refractivity contribution in [1.29, 1.82) is 0 Å². The summed E-state index contributed by atoms with van der Waals surface area (Å²) in [6.45, 7) is 5.10. The van der Waals surface area contributed by atoms with Crippen LogP contribution in [0.15, 0.2) is 5.38 Å². The normalized spacial score (nSPS) is 19.0. The Morgan fingerprint density at radius 2 is 2.44 bits per heavy atom. The van der Waals surface area contributed by atoms with Gasteiger partial charge in [-0.25, -0.2) is 4.98 Å². The molecule has 1 saturated heterocycles. The summed E-state index contributed by atoms with van der Waals surface area (Å²) in [6.07, 6.45) is 2.55. The monoisotopic (exact) mass is 239 g/mol. The van der Waals surface area contributed by atoms with Gasteiger partial charge < -0.3 is 10.6 Å². The molecule has 2 heterocycles. The van der Waals surface area contributed by atoms with E-state index in [-0.39, 0.29) is 11.4 Å². The molecule has 88 valence electrons. The van der Waals surface area contributed by atoms with Crippen molar-refractivity contribution in [3.63, 3.8) is 0 Å². The molecule has 1 amide bonds.